The van der Waals surface area contributed by atoms with Gasteiger partial charge in [0.15, 0.2) is 17.2 Å². The smallest absolute Gasteiger partial charge is 0.277 e. The van der Waals surface area contributed by atoms with Crippen molar-refractivity contribution in [3.05, 3.63) is 47.7 Å². The van der Waals surface area contributed by atoms with Gasteiger partial charge in [-0.05, 0) is 51.3 Å². The monoisotopic (exact) mass is 431 g/mol. The second-order valence-electron chi connectivity index (χ2n) is 8.17. The van der Waals surface area contributed by atoms with Crippen LogP contribution in [0.2, 0.25) is 0 Å². The van der Waals surface area contributed by atoms with E-state index in [1.54, 1.807) is 12.3 Å². The van der Waals surface area contributed by atoms with Crippen LogP contribution in [-0.2, 0) is 7.05 Å². The summed E-state index contributed by atoms with van der Waals surface area (Å²) in [7, 11) is 1.90. The average Bonchev–Trinajstić information content (AvgIpc) is 3.40. The molecule has 1 aliphatic rings. The Hall–Kier alpha value is -3.75. The number of rotatable bonds is 4. The molecule has 164 valence electrons. The van der Waals surface area contributed by atoms with Gasteiger partial charge in [0.25, 0.3) is 5.91 Å². The SMILES string of the molecule is Cc1cc(-c2nc(C(=O)Nc3cc4c(C)n(C)nc4nc3N3CCCCC3)co2)ccn1. The van der Waals surface area contributed by atoms with Crippen LogP contribution in [0.25, 0.3) is 22.5 Å². The van der Waals surface area contributed by atoms with E-state index in [4.69, 9.17) is 9.40 Å². The van der Waals surface area contributed by atoms with Crippen molar-refractivity contribution < 1.29 is 9.21 Å². The standard InChI is InChI=1S/C23H25N7O2/c1-14-11-16(7-8-24-14)23-26-19(13-32-23)22(31)25-18-12-17-15(2)29(3)28-20(17)27-21(18)30-9-5-4-6-10-30/h7-8,11-13H,4-6,9-10H2,1-3H3,(H,25,31). The molecular weight excluding hydrogens is 406 g/mol. The zero-order valence-corrected chi connectivity index (χ0v) is 18.4. The van der Waals surface area contributed by atoms with E-state index in [1.807, 2.05) is 37.7 Å². The predicted molar refractivity (Wildman–Crippen MR) is 122 cm³/mol. The Morgan fingerprint density at radius 1 is 1.12 bits per heavy atom. The van der Waals surface area contributed by atoms with Crippen LogP contribution in [0.5, 0.6) is 0 Å². The molecule has 0 atom stereocenters. The third kappa shape index (κ3) is 3.70. The van der Waals surface area contributed by atoms with Gasteiger partial charge in [0, 0.05) is 48.7 Å². The first-order valence-corrected chi connectivity index (χ1v) is 10.8. The van der Waals surface area contributed by atoms with Gasteiger partial charge in [-0.25, -0.2) is 9.97 Å². The van der Waals surface area contributed by atoms with Gasteiger partial charge in [0.1, 0.15) is 6.26 Å². The van der Waals surface area contributed by atoms with E-state index in [1.165, 1.54) is 12.7 Å². The van der Waals surface area contributed by atoms with Gasteiger partial charge in [0.05, 0.1) is 5.69 Å². The fraction of sp³-hybridized carbons (Fsp3) is 0.348. The highest BCUT2D eigenvalue weighted by molar-refractivity contribution is 6.05. The molecule has 0 spiro atoms. The van der Waals surface area contributed by atoms with Crippen LogP contribution < -0.4 is 10.2 Å². The number of oxazole rings is 1. The fourth-order valence-corrected chi connectivity index (χ4v) is 4.04. The van der Waals surface area contributed by atoms with Crippen molar-refractivity contribution in [1.82, 2.24) is 24.7 Å². The minimum Gasteiger partial charge on any atom is -0.444 e. The average molecular weight is 432 g/mol. The molecule has 9 nitrogen and oxygen atoms in total. The molecule has 1 saturated heterocycles. The van der Waals surface area contributed by atoms with E-state index in [-0.39, 0.29) is 11.6 Å². The largest absolute Gasteiger partial charge is 0.444 e. The maximum Gasteiger partial charge on any atom is 0.277 e. The van der Waals surface area contributed by atoms with Crippen molar-refractivity contribution in [2.75, 3.05) is 23.3 Å². The van der Waals surface area contributed by atoms with Gasteiger partial charge < -0.3 is 14.6 Å². The van der Waals surface area contributed by atoms with Crippen molar-refractivity contribution >= 4 is 28.4 Å². The summed E-state index contributed by atoms with van der Waals surface area (Å²) < 4.78 is 7.37. The third-order valence-corrected chi connectivity index (χ3v) is 5.89. The molecule has 0 aromatic carbocycles. The first-order valence-electron chi connectivity index (χ1n) is 10.8. The Bertz CT molecular complexity index is 1300. The fourth-order valence-electron chi connectivity index (χ4n) is 4.04. The summed E-state index contributed by atoms with van der Waals surface area (Å²) in [4.78, 5) is 28.7. The lowest BCUT2D eigenvalue weighted by Gasteiger charge is -2.29. The number of fused-ring (bicyclic) bond motifs is 1. The van der Waals surface area contributed by atoms with Crippen LogP contribution in [0.4, 0.5) is 11.5 Å². The number of carbonyl (C=O) groups is 1. The van der Waals surface area contributed by atoms with Gasteiger partial charge in [-0.1, -0.05) is 0 Å². The topological polar surface area (TPSA) is 102 Å². The first kappa shape index (κ1) is 20.2. The molecule has 5 rings (SSSR count). The zero-order valence-electron chi connectivity index (χ0n) is 18.4. The molecule has 0 radical (unpaired) electrons. The Balaban J connectivity index is 1.48. The van der Waals surface area contributed by atoms with E-state index >= 15 is 0 Å². The molecule has 0 bridgehead atoms. The van der Waals surface area contributed by atoms with Crippen LogP contribution in [-0.4, -0.2) is 43.7 Å². The highest BCUT2D eigenvalue weighted by Gasteiger charge is 2.22. The number of nitrogens with one attached hydrogen (secondary N) is 1. The van der Waals surface area contributed by atoms with Crippen LogP contribution in [0.15, 0.2) is 35.1 Å². The van der Waals surface area contributed by atoms with Gasteiger partial charge in [-0.2, -0.15) is 5.10 Å². The van der Waals surface area contributed by atoms with Crippen molar-refractivity contribution in [3.8, 4) is 11.5 Å². The molecule has 5 heterocycles. The van der Waals surface area contributed by atoms with Crippen LogP contribution in [0, 0.1) is 13.8 Å². The van der Waals surface area contributed by atoms with Gasteiger partial charge in [-0.15, -0.1) is 0 Å². The third-order valence-electron chi connectivity index (χ3n) is 5.89. The summed E-state index contributed by atoms with van der Waals surface area (Å²) in [6.45, 7) is 5.70. The Kier molecular flexibility index (Phi) is 5.08. The highest BCUT2D eigenvalue weighted by Crippen LogP contribution is 2.31. The maximum absolute atomic E-state index is 13.1. The number of carbonyl (C=O) groups excluding carboxylic acids is 1. The van der Waals surface area contributed by atoms with Crippen molar-refractivity contribution in [2.45, 2.75) is 33.1 Å². The minimum absolute atomic E-state index is 0.210. The van der Waals surface area contributed by atoms with E-state index in [9.17, 15) is 4.79 Å². The zero-order chi connectivity index (χ0) is 22.2. The number of hydrogen-bond acceptors (Lipinski definition) is 7. The van der Waals surface area contributed by atoms with E-state index < -0.39 is 0 Å². The molecular formula is C23H25N7O2. The molecule has 4 aromatic heterocycles. The van der Waals surface area contributed by atoms with Crippen LogP contribution in [0.1, 0.15) is 41.1 Å². The number of hydrogen-bond donors (Lipinski definition) is 1. The molecule has 32 heavy (non-hydrogen) atoms. The van der Waals surface area contributed by atoms with Crippen molar-refractivity contribution in [3.63, 3.8) is 0 Å². The molecule has 0 aliphatic carbocycles. The molecule has 9 heteroatoms. The summed E-state index contributed by atoms with van der Waals surface area (Å²) in [5, 5.41) is 8.45. The molecule has 1 aliphatic heterocycles. The number of aromatic nitrogens is 5. The lowest BCUT2D eigenvalue weighted by atomic mass is 10.1. The lowest BCUT2D eigenvalue weighted by molar-refractivity contribution is 0.102. The van der Waals surface area contributed by atoms with Gasteiger partial charge in [-0.3, -0.25) is 14.5 Å². The Labute approximate surface area is 185 Å². The normalized spacial score (nSPS) is 14.2. The van der Waals surface area contributed by atoms with Crippen molar-refractivity contribution in [1.29, 1.82) is 0 Å². The quantitative estimate of drug-likeness (QED) is 0.523. The van der Waals surface area contributed by atoms with Gasteiger partial charge >= 0.3 is 0 Å². The molecule has 0 saturated carbocycles. The van der Waals surface area contributed by atoms with E-state index in [0.717, 1.165) is 54.1 Å². The van der Waals surface area contributed by atoms with Crippen molar-refractivity contribution in [2.24, 2.45) is 7.05 Å². The summed E-state index contributed by atoms with van der Waals surface area (Å²) in [5.74, 6) is 0.789. The molecule has 1 N–H and O–H groups in total. The highest BCUT2D eigenvalue weighted by atomic mass is 16.3. The summed E-state index contributed by atoms with van der Waals surface area (Å²) in [6.07, 6.45) is 6.48. The van der Waals surface area contributed by atoms with E-state index in [2.05, 4.69) is 25.3 Å². The number of pyridine rings is 2. The summed E-state index contributed by atoms with van der Waals surface area (Å²) in [5.41, 5.74) is 4.17. The number of anilines is 2. The van der Waals surface area contributed by atoms with E-state index in [0.29, 0.717) is 17.2 Å². The Morgan fingerprint density at radius 2 is 1.94 bits per heavy atom. The molecule has 0 unspecified atom stereocenters. The minimum atomic E-state index is -0.341. The predicted octanol–water partition coefficient (Wildman–Crippen LogP) is 3.88. The molecule has 1 amide bonds. The lowest BCUT2D eigenvalue weighted by Crippen LogP contribution is -2.31. The first-order chi connectivity index (χ1) is 15.5. The number of nitrogens with zero attached hydrogens (tertiary/aromatic N) is 6. The maximum atomic E-state index is 13.1. The second kappa shape index (κ2) is 8.07. The van der Waals surface area contributed by atoms with Crippen LogP contribution >= 0.6 is 0 Å². The number of amides is 1. The number of piperidine rings is 1. The summed E-state index contributed by atoms with van der Waals surface area (Å²) >= 11 is 0. The van der Waals surface area contributed by atoms with Crippen LogP contribution in [0.3, 0.4) is 0 Å². The molecule has 4 aromatic rings. The summed E-state index contributed by atoms with van der Waals surface area (Å²) in [6, 6.07) is 5.63. The van der Waals surface area contributed by atoms with Gasteiger partial charge in [0.2, 0.25) is 5.89 Å². The number of aryl methyl sites for hydroxylation is 3. The second-order valence-corrected chi connectivity index (χ2v) is 8.17. The Morgan fingerprint density at radius 3 is 2.72 bits per heavy atom. The molecule has 1 fully saturated rings.